The maximum absolute atomic E-state index is 12.4. The first-order chi connectivity index (χ1) is 11.5. The molecule has 2 amide bonds. The van der Waals surface area contributed by atoms with Crippen molar-refractivity contribution in [1.29, 1.82) is 0 Å². The van der Waals surface area contributed by atoms with Gasteiger partial charge in [0.15, 0.2) is 0 Å². The van der Waals surface area contributed by atoms with Crippen LogP contribution in [0.15, 0.2) is 23.1 Å². The highest BCUT2D eigenvalue weighted by atomic mass is 32.2. The molecule has 1 unspecified atom stereocenters. The minimum absolute atomic E-state index is 0.0135. The maximum atomic E-state index is 12.4. The van der Waals surface area contributed by atoms with E-state index < -0.39 is 0 Å². The van der Waals surface area contributed by atoms with E-state index in [2.05, 4.69) is 15.5 Å². The Morgan fingerprint density at radius 3 is 2.83 bits per heavy atom. The van der Waals surface area contributed by atoms with Gasteiger partial charge >= 0.3 is 0 Å². The first kappa shape index (κ1) is 17.3. The third-order valence-corrected chi connectivity index (χ3v) is 5.62. The molecule has 1 fully saturated rings. The van der Waals surface area contributed by atoms with Crippen LogP contribution >= 0.6 is 11.8 Å². The first-order valence-electron chi connectivity index (χ1n) is 8.33. The zero-order valence-corrected chi connectivity index (χ0v) is 15.0. The second-order valence-corrected chi connectivity index (χ2v) is 7.59. The van der Waals surface area contributed by atoms with Gasteiger partial charge in [-0.2, -0.15) is 0 Å². The molecule has 2 aliphatic rings. The van der Waals surface area contributed by atoms with Gasteiger partial charge in [0.2, 0.25) is 0 Å². The summed E-state index contributed by atoms with van der Waals surface area (Å²) in [6, 6.07) is 5.53. The van der Waals surface area contributed by atoms with Crippen LogP contribution in [0.5, 0.6) is 0 Å². The van der Waals surface area contributed by atoms with Gasteiger partial charge in [-0.15, -0.1) is 0 Å². The van der Waals surface area contributed by atoms with E-state index >= 15 is 0 Å². The van der Waals surface area contributed by atoms with Crippen LogP contribution in [-0.4, -0.2) is 67.3 Å². The van der Waals surface area contributed by atoms with E-state index in [1.807, 2.05) is 31.1 Å². The van der Waals surface area contributed by atoms with Crippen molar-refractivity contribution >= 4 is 29.3 Å². The second kappa shape index (κ2) is 7.55. The van der Waals surface area contributed by atoms with Gasteiger partial charge in [0.1, 0.15) is 5.37 Å². The molecule has 2 aliphatic heterocycles. The summed E-state index contributed by atoms with van der Waals surface area (Å²) in [5.41, 5.74) is 1.31. The Hall–Kier alpha value is -1.57. The van der Waals surface area contributed by atoms with Crippen LogP contribution in [0.25, 0.3) is 0 Å². The Kier molecular flexibility index (Phi) is 5.43. The van der Waals surface area contributed by atoms with Crippen LogP contribution in [0.1, 0.15) is 23.2 Å². The van der Waals surface area contributed by atoms with Gasteiger partial charge in [-0.05, 0) is 58.2 Å². The summed E-state index contributed by atoms with van der Waals surface area (Å²) in [7, 11) is 3.93. The Labute approximate surface area is 146 Å². The molecule has 0 aromatic heterocycles. The number of hydrogen-bond donors (Lipinski definition) is 2. The predicted molar refractivity (Wildman–Crippen MR) is 96.4 cm³/mol. The molecule has 1 atom stereocenters. The lowest BCUT2D eigenvalue weighted by Crippen LogP contribution is -2.42. The van der Waals surface area contributed by atoms with Crippen molar-refractivity contribution in [3.05, 3.63) is 23.8 Å². The van der Waals surface area contributed by atoms with Crippen LogP contribution in [0.4, 0.5) is 5.69 Å². The van der Waals surface area contributed by atoms with Gasteiger partial charge in [0.05, 0.1) is 5.69 Å². The van der Waals surface area contributed by atoms with E-state index in [4.69, 9.17) is 0 Å². The minimum atomic E-state index is -0.153. The summed E-state index contributed by atoms with van der Waals surface area (Å²) >= 11 is 1.58. The fourth-order valence-corrected chi connectivity index (χ4v) is 4.10. The summed E-state index contributed by atoms with van der Waals surface area (Å²) in [5, 5.41) is 5.71. The third kappa shape index (κ3) is 3.91. The maximum Gasteiger partial charge on any atom is 0.252 e. The number of carbonyl (C=O) groups is 2. The molecule has 0 bridgehead atoms. The van der Waals surface area contributed by atoms with E-state index in [0.717, 1.165) is 43.1 Å². The summed E-state index contributed by atoms with van der Waals surface area (Å²) < 4.78 is 0. The molecule has 3 rings (SSSR count). The van der Waals surface area contributed by atoms with Gasteiger partial charge in [-0.3, -0.25) is 14.5 Å². The van der Waals surface area contributed by atoms with Gasteiger partial charge in [-0.1, -0.05) is 11.8 Å². The molecule has 2 N–H and O–H groups in total. The lowest BCUT2D eigenvalue weighted by atomic mass is 10.2. The molecule has 1 saturated heterocycles. The molecular weight excluding hydrogens is 324 g/mol. The number of thioether (sulfide) groups is 1. The number of hydrogen-bond acceptors (Lipinski definition) is 5. The molecule has 0 spiro atoms. The van der Waals surface area contributed by atoms with Gasteiger partial charge < -0.3 is 15.5 Å². The normalized spacial score (nSPS) is 20.8. The topological polar surface area (TPSA) is 64.7 Å². The van der Waals surface area contributed by atoms with Crippen LogP contribution in [0.2, 0.25) is 0 Å². The summed E-state index contributed by atoms with van der Waals surface area (Å²) in [6.45, 7) is 3.35. The number of benzene rings is 1. The zero-order valence-electron chi connectivity index (χ0n) is 14.2. The molecule has 0 radical (unpaired) electrons. The quantitative estimate of drug-likeness (QED) is 0.843. The summed E-state index contributed by atoms with van der Waals surface area (Å²) in [6.07, 6.45) is 2.31. The van der Waals surface area contributed by atoms with Crippen molar-refractivity contribution < 1.29 is 9.59 Å². The third-order valence-electron chi connectivity index (χ3n) is 4.28. The first-order valence-corrected chi connectivity index (χ1v) is 9.21. The summed E-state index contributed by atoms with van der Waals surface area (Å²) in [5.74, 6) is -0.0971. The lowest BCUT2D eigenvalue weighted by Gasteiger charge is -2.30. The number of fused-ring (bicyclic) bond motifs is 1. The molecule has 1 aromatic rings. The average molecular weight is 348 g/mol. The van der Waals surface area contributed by atoms with E-state index in [0.29, 0.717) is 12.1 Å². The van der Waals surface area contributed by atoms with Crippen molar-refractivity contribution in [2.75, 3.05) is 45.6 Å². The van der Waals surface area contributed by atoms with Gasteiger partial charge in [0.25, 0.3) is 11.8 Å². The smallest absolute Gasteiger partial charge is 0.252 e. The molecule has 7 heteroatoms. The molecule has 1 aromatic carbocycles. The van der Waals surface area contributed by atoms with Crippen LogP contribution in [0.3, 0.4) is 0 Å². The number of nitrogens with zero attached hydrogens (tertiary/aromatic N) is 2. The Morgan fingerprint density at radius 2 is 2.12 bits per heavy atom. The SMILES string of the molecule is CN(C)CCNC(=O)c1ccc2c(c1)NC(=O)C(N1CCCC1)S2. The highest BCUT2D eigenvalue weighted by molar-refractivity contribution is 8.00. The Bertz CT molecular complexity index is 629. The molecule has 0 aliphatic carbocycles. The van der Waals surface area contributed by atoms with Crippen molar-refractivity contribution in [1.82, 2.24) is 15.1 Å². The van der Waals surface area contributed by atoms with E-state index in [9.17, 15) is 9.59 Å². The second-order valence-electron chi connectivity index (χ2n) is 6.47. The van der Waals surface area contributed by atoms with Gasteiger partial charge in [-0.25, -0.2) is 0 Å². The summed E-state index contributed by atoms with van der Waals surface area (Å²) in [4.78, 5) is 29.9. The Morgan fingerprint density at radius 1 is 1.38 bits per heavy atom. The highest BCUT2D eigenvalue weighted by Crippen LogP contribution is 2.38. The monoisotopic (exact) mass is 348 g/mol. The van der Waals surface area contributed by atoms with Gasteiger partial charge in [0, 0.05) is 23.5 Å². The van der Waals surface area contributed by atoms with E-state index in [-0.39, 0.29) is 17.2 Å². The van der Waals surface area contributed by atoms with Crippen LogP contribution in [-0.2, 0) is 4.79 Å². The number of anilines is 1. The minimum Gasteiger partial charge on any atom is -0.351 e. The molecule has 24 heavy (non-hydrogen) atoms. The van der Waals surface area contributed by atoms with Crippen molar-refractivity contribution in [2.24, 2.45) is 0 Å². The molecule has 2 heterocycles. The number of carbonyl (C=O) groups excluding carboxylic acids is 2. The highest BCUT2D eigenvalue weighted by Gasteiger charge is 2.33. The number of likely N-dealkylation sites (N-methyl/N-ethyl adjacent to an activating group) is 1. The molecule has 0 saturated carbocycles. The van der Waals surface area contributed by atoms with E-state index in [1.54, 1.807) is 17.8 Å². The molecule has 6 nitrogen and oxygen atoms in total. The lowest BCUT2D eigenvalue weighted by molar-refractivity contribution is -0.118. The predicted octanol–water partition coefficient (Wildman–Crippen LogP) is 1.44. The standard InChI is InChI=1S/C17H24N4O2S/c1-20(2)10-7-18-15(22)12-5-6-14-13(11-12)19-16(23)17(24-14)21-8-3-4-9-21/h5-6,11,17H,3-4,7-10H2,1-2H3,(H,18,22)(H,19,23). The van der Waals surface area contributed by atoms with Crippen molar-refractivity contribution in [2.45, 2.75) is 23.1 Å². The number of rotatable bonds is 5. The van der Waals surface area contributed by atoms with Crippen LogP contribution in [0, 0.1) is 0 Å². The number of likely N-dealkylation sites (tertiary alicyclic amines) is 1. The van der Waals surface area contributed by atoms with Crippen molar-refractivity contribution in [3.8, 4) is 0 Å². The largest absolute Gasteiger partial charge is 0.351 e. The average Bonchev–Trinajstić information content (AvgIpc) is 3.07. The molecular formula is C17H24N4O2S. The number of nitrogens with one attached hydrogen (secondary N) is 2. The van der Waals surface area contributed by atoms with Crippen molar-refractivity contribution in [3.63, 3.8) is 0 Å². The van der Waals surface area contributed by atoms with Crippen LogP contribution < -0.4 is 10.6 Å². The Balaban J connectivity index is 1.67. The fraction of sp³-hybridized carbons (Fsp3) is 0.529. The van der Waals surface area contributed by atoms with E-state index in [1.165, 1.54) is 0 Å². The number of amides is 2. The molecule has 130 valence electrons. The fourth-order valence-electron chi connectivity index (χ4n) is 2.95. The zero-order chi connectivity index (χ0) is 17.1.